The highest BCUT2D eigenvalue weighted by molar-refractivity contribution is 5.92. The van der Waals surface area contributed by atoms with Crippen molar-refractivity contribution < 1.29 is 23.2 Å². The van der Waals surface area contributed by atoms with E-state index in [-0.39, 0.29) is 17.4 Å². The van der Waals surface area contributed by atoms with Gasteiger partial charge in [0.2, 0.25) is 5.69 Å². The number of H-pyrrole nitrogens is 1. The number of hydrogen-bond acceptors (Lipinski definition) is 5. The van der Waals surface area contributed by atoms with Crippen molar-refractivity contribution in [3.05, 3.63) is 70.6 Å². The SMILES string of the molecule is O=C(c1ccco1)N1CCN(C(=O)c2c(=O)o[nH][n+]2-c2ccccc2)CC1. The van der Waals surface area contributed by atoms with Gasteiger partial charge < -0.3 is 14.2 Å². The topological polar surface area (TPSA) is 104 Å². The number of aromatic nitrogens is 2. The highest BCUT2D eigenvalue weighted by Crippen LogP contribution is 2.11. The average Bonchev–Trinajstić information content (AvgIpc) is 3.38. The van der Waals surface area contributed by atoms with Crippen molar-refractivity contribution in [3.8, 4) is 5.69 Å². The molecule has 0 atom stereocenters. The summed E-state index contributed by atoms with van der Waals surface area (Å²) in [6.07, 6.45) is 1.44. The molecule has 3 aromatic rings. The van der Waals surface area contributed by atoms with Crippen LogP contribution >= 0.6 is 0 Å². The molecule has 2 aromatic heterocycles. The fourth-order valence-corrected chi connectivity index (χ4v) is 3.03. The van der Waals surface area contributed by atoms with Crippen LogP contribution in [0.1, 0.15) is 21.0 Å². The zero-order valence-electron chi connectivity index (χ0n) is 14.3. The Morgan fingerprint density at radius 1 is 0.926 bits per heavy atom. The Labute approximate surface area is 153 Å². The summed E-state index contributed by atoms with van der Waals surface area (Å²) < 4.78 is 11.3. The normalized spacial score (nSPS) is 14.4. The number of nitrogens with one attached hydrogen (secondary N) is 1. The Morgan fingerprint density at radius 2 is 1.59 bits per heavy atom. The first-order valence-electron chi connectivity index (χ1n) is 8.46. The number of benzene rings is 1. The summed E-state index contributed by atoms with van der Waals surface area (Å²) in [6.45, 7) is 1.33. The standard InChI is InChI=1S/C18H16N4O5/c23-16(14-7-4-12-26-14)20-8-10-21(11-9-20)17(24)15-18(25)27-19-22(15)13-5-2-1-3-6-13/h1-7,12H,8-11H2/p+1. The first-order chi connectivity index (χ1) is 13.1. The Kier molecular flexibility index (Phi) is 4.33. The van der Waals surface area contributed by atoms with E-state index in [2.05, 4.69) is 5.27 Å². The van der Waals surface area contributed by atoms with Crippen LogP contribution in [0, 0.1) is 0 Å². The molecule has 0 aliphatic carbocycles. The minimum atomic E-state index is -0.738. The third kappa shape index (κ3) is 3.14. The predicted molar refractivity (Wildman–Crippen MR) is 91.4 cm³/mol. The maximum Gasteiger partial charge on any atom is 0.441 e. The highest BCUT2D eigenvalue weighted by Gasteiger charge is 2.36. The van der Waals surface area contributed by atoms with E-state index < -0.39 is 11.5 Å². The summed E-state index contributed by atoms with van der Waals surface area (Å²) in [4.78, 5) is 40.4. The molecule has 1 aliphatic heterocycles. The number of para-hydroxylation sites is 1. The molecular formula is C18H17N4O5+. The van der Waals surface area contributed by atoms with E-state index in [9.17, 15) is 14.4 Å². The number of carbonyl (C=O) groups is 2. The number of piperazine rings is 1. The molecule has 9 nitrogen and oxygen atoms in total. The number of nitrogens with zero attached hydrogens (tertiary/aromatic N) is 3. The van der Waals surface area contributed by atoms with Crippen LogP contribution in [0.25, 0.3) is 5.69 Å². The van der Waals surface area contributed by atoms with E-state index in [1.165, 1.54) is 15.8 Å². The van der Waals surface area contributed by atoms with Crippen molar-refractivity contribution >= 4 is 11.8 Å². The second-order valence-electron chi connectivity index (χ2n) is 6.06. The van der Waals surface area contributed by atoms with Gasteiger partial charge in [0.05, 0.1) is 6.26 Å². The van der Waals surface area contributed by atoms with Crippen LogP contribution in [-0.4, -0.2) is 53.1 Å². The molecule has 1 aliphatic rings. The summed E-state index contributed by atoms with van der Waals surface area (Å²) in [5, 5.41) is 2.46. The van der Waals surface area contributed by atoms with Crippen molar-refractivity contribution in [2.75, 3.05) is 26.2 Å². The molecule has 1 fully saturated rings. The summed E-state index contributed by atoms with van der Waals surface area (Å²) in [5.41, 5.74) is -0.233. The molecule has 1 saturated heterocycles. The number of furan rings is 1. The molecule has 1 aromatic carbocycles. The van der Waals surface area contributed by atoms with Gasteiger partial charge in [0.1, 0.15) is 0 Å². The minimum absolute atomic E-state index is 0.105. The number of aromatic amines is 1. The van der Waals surface area contributed by atoms with E-state index in [0.29, 0.717) is 31.9 Å². The van der Waals surface area contributed by atoms with E-state index >= 15 is 0 Å². The van der Waals surface area contributed by atoms with Gasteiger partial charge in [-0.3, -0.25) is 14.1 Å². The minimum Gasteiger partial charge on any atom is -0.459 e. The van der Waals surface area contributed by atoms with Crippen LogP contribution in [0.3, 0.4) is 0 Å². The third-order valence-electron chi connectivity index (χ3n) is 4.45. The molecule has 1 N–H and O–H groups in total. The van der Waals surface area contributed by atoms with Crippen LogP contribution in [0.2, 0.25) is 0 Å². The smallest absolute Gasteiger partial charge is 0.441 e. The summed E-state index contributed by atoms with van der Waals surface area (Å²) >= 11 is 0. The molecule has 0 radical (unpaired) electrons. The molecule has 0 saturated carbocycles. The van der Waals surface area contributed by atoms with Crippen LogP contribution in [0.4, 0.5) is 0 Å². The van der Waals surface area contributed by atoms with Crippen molar-refractivity contribution in [1.29, 1.82) is 0 Å². The van der Waals surface area contributed by atoms with Crippen LogP contribution in [0.15, 0.2) is 62.5 Å². The van der Waals surface area contributed by atoms with Gasteiger partial charge in [-0.2, -0.15) is 0 Å². The first-order valence-corrected chi connectivity index (χ1v) is 8.46. The van der Waals surface area contributed by atoms with E-state index in [0.717, 1.165) is 0 Å². The van der Waals surface area contributed by atoms with Gasteiger partial charge >= 0.3 is 17.2 Å². The fourth-order valence-electron chi connectivity index (χ4n) is 3.03. The van der Waals surface area contributed by atoms with Crippen molar-refractivity contribution in [3.63, 3.8) is 0 Å². The quantitative estimate of drug-likeness (QED) is 0.675. The number of amides is 2. The largest absolute Gasteiger partial charge is 0.459 e. The zero-order valence-corrected chi connectivity index (χ0v) is 14.3. The monoisotopic (exact) mass is 369 g/mol. The summed E-state index contributed by atoms with van der Waals surface area (Å²) in [5.74, 6) is -0.394. The molecule has 9 heteroatoms. The second kappa shape index (κ2) is 6.94. The van der Waals surface area contributed by atoms with Gasteiger partial charge in [-0.15, -0.1) is 0 Å². The average molecular weight is 369 g/mol. The lowest BCUT2D eigenvalue weighted by molar-refractivity contribution is -0.672. The maximum absolute atomic E-state index is 12.9. The van der Waals surface area contributed by atoms with Gasteiger partial charge in [0, 0.05) is 38.3 Å². The van der Waals surface area contributed by atoms with Crippen LogP contribution < -0.4 is 10.3 Å². The molecule has 0 bridgehead atoms. The van der Waals surface area contributed by atoms with Crippen molar-refractivity contribution in [2.45, 2.75) is 0 Å². The fraction of sp³-hybridized carbons (Fsp3) is 0.222. The Morgan fingerprint density at radius 3 is 2.22 bits per heavy atom. The summed E-state index contributed by atoms with van der Waals surface area (Å²) in [6, 6.07) is 12.2. The Hall–Kier alpha value is -3.62. The number of carbonyl (C=O) groups excluding carboxylic acids is 2. The van der Waals surface area contributed by atoms with Gasteiger partial charge in [-0.25, -0.2) is 4.79 Å². The van der Waals surface area contributed by atoms with E-state index in [4.69, 9.17) is 8.94 Å². The van der Waals surface area contributed by atoms with Gasteiger partial charge in [0.25, 0.3) is 5.91 Å². The molecule has 138 valence electrons. The van der Waals surface area contributed by atoms with Crippen LogP contribution in [0.5, 0.6) is 0 Å². The lowest BCUT2D eigenvalue weighted by atomic mass is 10.2. The molecular weight excluding hydrogens is 352 g/mol. The molecule has 4 rings (SSSR count). The highest BCUT2D eigenvalue weighted by atomic mass is 16.5. The lowest BCUT2D eigenvalue weighted by Crippen LogP contribution is -2.53. The third-order valence-corrected chi connectivity index (χ3v) is 4.45. The van der Waals surface area contributed by atoms with E-state index in [1.54, 1.807) is 41.3 Å². The maximum atomic E-state index is 12.9. The second-order valence-corrected chi connectivity index (χ2v) is 6.06. The molecule has 0 spiro atoms. The van der Waals surface area contributed by atoms with E-state index in [1.807, 2.05) is 6.07 Å². The van der Waals surface area contributed by atoms with Crippen molar-refractivity contribution in [2.24, 2.45) is 0 Å². The predicted octanol–water partition coefficient (Wildman–Crippen LogP) is 0.436. The molecule has 0 unspecified atom stereocenters. The summed E-state index contributed by atoms with van der Waals surface area (Å²) in [7, 11) is 0. The van der Waals surface area contributed by atoms with Gasteiger partial charge in [0.15, 0.2) is 5.76 Å². The van der Waals surface area contributed by atoms with Crippen LogP contribution in [-0.2, 0) is 0 Å². The lowest BCUT2D eigenvalue weighted by Gasteiger charge is -2.33. The van der Waals surface area contributed by atoms with Crippen molar-refractivity contribution in [1.82, 2.24) is 15.1 Å². The Balaban J connectivity index is 1.50. The number of hydrogen-bond donors (Lipinski definition) is 1. The zero-order chi connectivity index (χ0) is 18.8. The molecule has 2 amide bonds. The number of rotatable bonds is 3. The first kappa shape index (κ1) is 16.8. The van der Waals surface area contributed by atoms with Gasteiger partial charge in [-0.1, -0.05) is 18.2 Å². The Bertz CT molecular complexity index is 998. The molecule has 27 heavy (non-hydrogen) atoms. The van der Waals surface area contributed by atoms with Gasteiger partial charge in [-0.05, 0) is 22.1 Å². The molecule has 3 heterocycles.